The summed E-state index contributed by atoms with van der Waals surface area (Å²) in [6.07, 6.45) is 0. The van der Waals surface area contributed by atoms with E-state index < -0.39 is 16.0 Å². The number of carboxylic acid groups (broad SMARTS) is 1. The molecule has 0 saturated carbocycles. The van der Waals surface area contributed by atoms with Gasteiger partial charge >= 0.3 is 5.97 Å². The maximum atomic E-state index is 12.1. The quantitative estimate of drug-likeness (QED) is 0.794. The lowest BCUT2D eigenvalue weighted by Gasteiger charge is -2.20. The molecule has 0 bridgehead atoms. The van der Waals surface area contributed by atoms with E-state index in [1.54, 1.807) is 0 Å². The second-order valence-electron chi connectivity index (χ2n) is 4.35. The van der Waals surface area contributed by atoms with Gasteiger partial charge in [-0.3, -0.25) is 0 Å². The summed E-state index contributed by atoms with van der Waals surface area (Å²) in [5, 5.41) is 8.79. The molecule has 1 unspecified atom stereocenters. The molecule has 0 aliphatic rings. The lowest BCUT2D eigenvalue weighted by molar-refractivity contribution is 0.0702. The van der Waals surface area contributed by atoms with Crippen molar-refractivity contribution in [1.82, 2.24) is 4.72 Å². The summed E-state index contributed by atoms with van der Waals surface area (Å²) in [6.45, 7) is 4.01. The van der Waals surface area contributed by atoms with Crippen molar-refractivity contribution in [1.29, 1.82) is 0 Å². The van der Waals surface area contributed by atoms with Crippen LogP contribution in [0, 0.1) is 5.92 Å². The highest BCUT2D eigenvalue weighted by atomic mass is 32.2. The van der Waals surface area contributed by atoms with Gasteiger partial charge < -0.3 is 9.84 Å². The van der Waals surface area contributed by atoms with Gasteiger partial charge in [-0.25, -0.2) is 17.9 Å². The molecule has 1 aromatic rings. The van der Waals surface area contributed by atoms with Crippen LogP contribution in [0.15, 0.2) is 16.3 Å². The molecule has 8 heteroatoms. The zero-order chi connectivity index (χ0) is 14.6. The lowest BCUT2D eigenvalue weighted by Crippen LogP contribution is -2.41. The normalized spacial score (nSPS) is 13.7. The zero-order valence-corrected chi connectivity index (χ0v) is 12.5. The van der Waals surface area contributed by atoms with Crippen molar-refractivity contribution in [2.75, 3.05) is 13.7 Å². The molecule has 0 aliphatic heterocycles. The Labute approximate surface area is 116 Å². The highest BCUT2D eigenvalue weighted by Crippen LogP contribution is 2.22. The van der Waals surface area contributed by atoms with Crippen LogP contribution in [0.1, 0.15) is 23.5 Å². The summed E-state index contributed by atoms with van der Waals surface area (Å²) in [5.41, 5.74) is 0. The van der Waals surface area contributed by atoms with E-state index in [0.717, 1.165) is 11.3 Å². The van der Waals surface area contributed by atoms with Crippen molar-refractivity contribution < 1.29 is 23.1 Å². The SMILES string of the molecule is COCC(NS(=O)(=O)c1ccc(C(=O)O)s1)C(C)C. The molecule has 0 aromatic carbocycles. The maximum Gasteiger partial charge on any atom is 0.345 e. The van der Waals surface area contributed by atoms with E-state index in [1.807, 2.05) is 13.8 Å². The minimum Gasteiger partial charge on any atom is -0.477 e. The van der Waals surface area contributed by atoms with Crippen molar-refractivity contribution in [2.45, 2.75) is 24.1 Å². The topological polar surface area (TPSA) is 92.7 Å². The van der Waals surface area contributed by atoms with Gasteiger partial charge in [0.05, 0.1) is 6.61 Å². The molecular weight excluding hydrogens is 290 g/mol. The van der Waals surface area contributed by atoms with Crippen LogP contribution in [0.2, 0.25) is 0 Å². The first-order valence-electron chi connectivity index (χ1n) is 5.62. The predicted molar refractivity (Wildman–Crippen MR) is 72.1 cm³/mol. The lowest BCUT2D eigenvalue weighted by atomic mass is 10.1. The molecule has 108 valence electrons. The Morgan fingerprint density at radius 1 is 1.47 bits per heavy atom. The van der Waals surface area contributed by atoms with Gasteiger partial charge in [-0.15, -0.1) is 11.3 Å². The van der Waals surface area contributed by atoms with Gasteiger partial charge in [-0.1, -0.05) is 13.8 Å². The molecule has 1 heterocycles. The molecular formula is C11H17NO5S2. The van der Waals surface area contributed by atoms with Crippen molar-refractivity contribution in [3.8, 4) is 0 Å². The fraction of sp³-hybridized carbons (Fsp3) is 0.545. The van der Waals surface area contributed by atoms with Crippen LogP contribution in [0.25, 0.3) is 0 Å². The number of carboxylic acids is 1. The maximum absolute atomic E-state index is 12.1. The number of sulfonamides is 1. The Morgan fingerprint density at radius 2 is 2.11 bits per heavy atom. The second-order valence-corrected chi connectivity index (χ2v) is 7.38. The zero-order valence-electron chi connectivity index (χ0n) is 10.9. The van der Waals surface area contributed by atoms with Gasteiger partial charge in [0.2, 0.25) is 10.0 Å². The van der Waals surface area contributed by atoms with E-state index in [1.165, 1.54) is 19.2 Å². The third-order valence-corrected chi connectivity index (χ3v) is 5.57. The molecule has 0 aliphatic carbocycles. The predicted octanol–water partition coefficient (Wildman–Crippen LogP) is 1.40. The Hall–Kier alpha value is -0.960. The number of methoxy groups -OCH3 is 1. The number of rotatable bonds is 7. The van der Waals surface area contributed by atoms with Crippen LogP contribution >= 0.6 is 11.3 Å². The van der Waals surface area contributed by atoms with Crippen LogP contribution in [0.5, 0.6) is 0 Å². The van der Waals surface area contributed by atoms with Crippen LogP contribution < -0.4 is 4.72 Å². The number of hydrogen-bond acceptors (Lipinski definition) is 5. The highest BCUT2D eigenvalue weighted by molar-refractivity contribution is 7.91. The van der Waals surface area contributed by atoms with Crippen molar-refractivity contribution in [2.24, 2.45) is 5.92 Å². The third kappa shape index (κ3) is 4.27. The average molecular weight is 307 g/mol. The second kappa shape index (κ2) is 6.47. The summed E-state index contributed by atoms with van der Waals surface area (Å²) >= 11 is 0.729. The Balaban J connectivity index is 2.93. The molecule has 1 aromatic heterocycles. The van der Waals surface area contributed by atoms with E-state index in [2.05, 4.69) is 4.72 Å². The van der Waals surface area contributed by atoms with E-state index in [4.69, 9.17) is 9.84 Å². The third-order valence-electron chi connectivity index (χ3n) is 2.51. The van der Waals surface area contributed by atoms with E-state index in [0.29, 0.717) is 0 Å². The van der Waals surface area contributed by atoms with Crippen LogP contribution in [0.3, 0.4) is 0 Å². The summed E-state index contributed by atoms with van der Waals surface area (Å²) < 4.78 is 31.7. The number of nitrogens with one attached hydrogen (secondary N) is 1. The average Bonchev–Trinajstić information content (AvgIpc) is 2.78. The number of carbonyl (C=O) groups is 1. The van der Waals surface area contributed by atoms with Gasteiger partial charge in [0, 0.05) is 13.2 Å². The summed E-state index contributed by atoms with van der Waals surface area (Å²) in [4.78, 5) is 10.7. The molecule has 19 heavy (non-hydrogen) atoms. The molecule has 0 saturated heterocycles. The van der Waals surface area contributed by atoms with E-state index >= 15 is 0 Å². The summed E-state index contributed by atoms with van der Waals surface area (Å²) in [6, 6.07) is 2.22. The number of ether oxygens (including phenoxy) is 1. The van der Waals surface area contributed by atoms with Gasteiger partial charge in [0.1, 0.15) is 9.09 Å². The van der Waals surface area contributed by atoms with E-state index in [9.17, 15) is 13.2 Å². The number of hydrogen-bond donors (Lipinski definition) is 2. The molecule has 1 atom stereocenters. The largest absolute Gasteiger partial charge is 0.477 e. The molecule has 0 amide bonds. The van der Waals surface area contributed by atoms with E-state index in [-0.39, 0.29) is 27.7 Å². The first-order valence-corrected chi connectivity index (χ1v) is 7.92. The number of aromatic carboxylic acids is 1. The van der Waals surface area contributed by atoms with Gasteiger partial charge in [-0.05, 0) is 18.1 Å². The Kier molecular flexibility index (Phi) is 5.48. The standard InChI is InChI=1S/C11H17NO5S2/c1-7(2)8(6-17-3)12-19(15,16)10-5-4-9(18-10)11(13)14/h4-5,7-8,12H,6H2,1-3H3,(H,13,14). The molecule has 0 spiro atoms. The first-order chi connectivity index (χ1) is 8.77. The first kappa shape index (κ1) is 16.1. The number of thiophene rings is 1. The molecule has 1 rings (SSSR count). The molecule has 0 fully saturated rings. The van der Waals surface area contributed by atoms with Crippen LogP contribution in [-0.4, -0.2) is 39.3 Å². The van der Waals surface area contributed by atoms with Crippen LogP contribution in [-0.2, 0) is 14.8 Å². The Morgan fingerprint density at radius 3 is 2.53 bits per heavy atom. The fourth-order valence-corrected chi connectivity index (χ4v) is 3.91. The van der Waals surface area contributed by atoms with Gasteiger partial charge in [0.25, 0.3) is 0 Å². The smallest absolute Gasteiger partial charge is 0.345 e. The highest BCUT2D eigenvalue weighted by Gasteiger charge is 2.24. The summed E-state index contributed by atoms with van der Waals surface area (Å²) in [7, 11) is -2.22. The minimum absolute atomic E-state index is 0.00628. The molecule has 2 N–H and O–H groups in total. The van der Waals surface area contributed by atoms with Crippen molar-refractivity contribution in [3.63, 3.8) is 0 Å². The minimum atomic E-state index is -3.71. The van der Waals surface area contributed by atoms with Gasteiger partial charge in [-0.2, -0.15) is 0 Å². The van der Waals surface area contributed by atoms with Crippen molar-refractivity contribution in [3.05, 3.63) is 17.0 Å². The van der Waals surface area contributed by atoms with Gasteiger partial charge in [0.15, 0.2) is 0 Å². The Bertz CT molecular complexity index is 535. The molecule has 6 nitrogen and oxygen atoms in total. The summed E-state index contributed by atoms with van der Waals surface area (Å²) in [5.74, 6) is -1.07. The van der Waals surface area contributed by atoms with Crippen molar-refractivity contribution >= 4 is 27.3 Å². The fourth-order valence-electron chi connectivity index (χ4n) is 1.38. The van der Waals surface area contributed by atoms with Crippen LogP contribution in [0.4, 0.5) is 0 Å². The monoisotopic (exact) mass is 307 g/mol. The molecule has 0 radical (unpaired) electrons.